The number of imidazole rings is 1. The summed E-state index contributed by atoms with van der Waals surface area (Å²) in [4.78, 5) is 22.2. The van der Waals surface area contributed by atoms with Crippen LogP contribution in [0.15, 0.2) is 78.6 Å². The summed E-state index contributed by atoms with van der Waals surface area (Å²) in [5, 5.41) is 4.59. The van der Waals surface area contributed by atoms with Crippen molar-refractivity contribution in [2.75, 3.05) is 0 Å². The van der Waals surface area contributed by atoms with Gasteiger partial charge in [0.05, 0.1) is 17.8 Å². The molecule has 0 aliphatic rings. The van der Waals surface area contributed by atoms with Crippen LogP contribution in [-0.4, -0.2) is 20.3 Å². The van der Waals surface area contributed by atoms with E-state index in [1.54, 1.807) is 12.1 Å². The van der Waals surface area contributed by atoms with Gasteiger partial charge in [0.15, 0.2) is 11.3 Å². The third-order valence-electron chi connectivity index (χ3n) is 5.34. The van der Waals surface area contributed by atoms with Crippen molar-refractivity contribution in [1.29, 1.82) is 0 Å². The van der Waals surface area contributed by atoms with Crippen molar-refractivity contribution in [2.45, 2.75) is 12.7 Å². The Labute approximate surface area is 200 Å². The molecular weight excluding hydrogens is 480 g/mol. The van der Waals surface area contributed by atoms with Crippen LogP contribution in [0.3, 0.4) is 0 Å². The minimum Gasteiger partial charge on any atom is -0.346 e. The summed E-state index contributed by atoms with van der Waals surface area (Å²) in [5.41, 5.74) is -0.702. The summed E-state index contributed by atoms with van der Waals surface area (Å²) in [6, 6.07) is 13.1. The van der Waals surface area contributed by atoms with Gasteiger partial charge in [-0.05, 0) is 52.9 Å². The zero-order valence-corrected chi connectivity index (χ0v) is 18.7. The Kier molecular flexibility index (Phi) is 5.81. The first-order valence-electron chi connectivity index (χ1n) is 10.4. The zero-order valence-electron chi connectivity index (χ0n) is 17.9. The van der Waals surface area contributed by atoms with E-state index in [1.807, 2.05) is 17.5 Å². The molecule has 0 radical (unpaired) electrons. The molecule has 35 heavy (non-hydrogen) atoms. The number of fused-ring (bicyclic) bond motifs is 1. The molecule has 4 heterocycles. The number of nitrogens with zero attached hydrogens (tertiary/aromatic N) is 3. The van der Waals surface area contributed by atoms with E-state index in [-0.39, 0.29) is 29.1 Å². The number of nitrogens with one attached hydrogen (secondary N) is 1. The molecule has 0 saturated heterocycles. The first-order valence-corrected chi connectivity index (χ1v) is 11.3. The second-order valence-electron chi connectivity index (χ2n) is 7.66. The second-order valence-corrected chi connectivity index (χ2v) is 8.69. The largest absolute Gasteiger partial charge is 0.420 e. The molecule has 0 fully saturated rings. The van der Waals surface area contributed by atoms with Gasteiger partial charge in [-0.25, -0.2) is 9.37 Å². The minimum atomic E-state index is -4.77. The van der Waals surface area contributed by atoms with Crippen LogP contribution in [-0.2, 0) is 12.7 Å². The normalized spacial score (nSPS) is 11.7. The van der Waals surface area contributed by atoms with Gasteiger partial charge in [-0.1, -0.05) is 18.2 Å². The molecule has 5 rings (SSSR count). The average molecular weight is 496 g/mol. The summed E-state index contributed by atoms with van der Waals surface area (Å²) < 4.78 is 57.5. The summed E-state index contributed by atoms with van der Waals surface area (Å²) in [5.74, 6) is -1.20. The predicted molar refractivity (Wildman–Crippen MR) is 124 cm³/mol. The number of carbonyl (C=O) groups excluding carboxylic acids is 1. The molecule has 0 aliphatic carbocycles. The van der Waals surface area contributed by atoms with Gasteiger partial charge in [0, 0.05) is 29.0 Å². The minimum absolute atomic E-state index is 0.123. The van der Waals surface area contributed by atoms with E-state index in [2.05, 4.69) is 15.3 Å². The van der Waals surface area contributed by atoms with Crippen molar-refractivity contribution in [3.8, 4) is 22.4 Å². The quantitative estimate of drug-likeness (QED) is 0.294. The number of benzene rings is 1. The molecule has 4 aromatic heterocycles. The number of pyridine rings is 2. The van der Waals surface area contributed by atoms with Crippen molar-refractivity contribution in [1.82, 2.24) is 19.7 Å². The van der Waals surface area contributed by atoms with Crippen LogP contribution < -0.4 is 5.32 Å². The Bertz CT molecular complexity index is 1510. The highest BCUT2D eigenvalue weighted by Crippen LogP contribution is 2.38. The van der Waals surface area contributed by atoms with Crippen LogP contribution in [0, 0.1) is 5.82 Å². The van der Waals surface area contributed by atoms with Crippen molar-refractivity contribution in [2.24, 2.45) is 0 Å². The lowest BCUT2D eigenvalue weighted by atomic mass is 10.0. The summed E-state index contributed by atoms with van der Waals surface area (Å²) in [6.07, 6.45) is -0.387. The van der Waals surface area contributed by atoms with Crippen LogP contribution in [0.1, 0.15) is 20.9 Å². The van der Waals surface area contributed by atoms with Crippen molar-refractivity contribution >= 4 is 22.9 Å². The highest BCUT2D eigenvalue weighted by molar-refractivity contribution is 7.09. The Morgan fingerprint density at radius 3 is 2.54 bits per heavy atom. The summed E-state index contributed by atoms with van der Waals surface area (Å²) in [7, 11) is 0. The maximum Gasteiger partial charge on any atom is 0.420 e. The second kappa shape index (κ2) is 8.95. The smallest absolute Gasteiger partial charge is 0.346 e. The standard InChI is InChI=1S/C25H16F4N4OS/c26-18-6-1-4-15(10-18)17-11-20(25(27,28)29)23-32-21(24(34)31-13-19-7-3-9-35-19)22(33(23)14-17)16-5-2-8-30-12-16/h1-12,14H,13H2,(H,31,34). The Morgan fingerprint density at radius 2 is 1.86 bits per heavy atom. The molecule has 1 amide bonds. The maximum atomic E-state index is 14.1. The maximum absolute atomic E-state index is 14.1. The predicted octanol–water partition coefficient (Wildman–Crippen LogP) is 6.21. The number of rotatable bonds is 5. The Morgan fingerprint density at radius 1 is 1.03 bits per heavy atom. The molecule has 0 bridgehead atoms. The van der Waals surface area contributed by atoms with Crippen LogP contribution in [0.4, 0.5) is 17.6 Å². The van der Waals surface area contributed by atoms with E-state index >= 15 is 0 Å². The SMILES string of the molecule is O=C(NCc1cccs1)c1nc2c(C(F)(F)F)cc(-c3cccc(F)c3)cn2c1-c1cccnc1. The molecule has 0 atom stereocenters. The first kappa shape index (κ1) is 22.7. The fourth-order valence-electron chi connectivity index (χ4n) is 3.78. The molecule has 0 saturated carbocycles. The number of halogens is 4. The van der Waals surface area contributed by atoms with Crippen LogP contribution in [0.2, 0.25) is 0 Å². The molecule has 0 aliphatic heterocycles. The van der Waals surface area contributed by atoms with Gasteiger partial charge in [0.1, 0.15) is 5.82 Å². The van der Waals surface area contributed by atoms with Crippen LogP contribution in [0.5, 0.6) is 0 Å². The summed E-state index contributed by atoms with van der Waals surface area (Å²) >= 11 is 1.44. The van der Waals surface area contributed by atoms with Gasteiger partial charge in [0.2, 0.25) is 0 Å². The van der Waals surface area contributed by atoms with Gasteiger partial charge in [-0.2, -0.15) is 13.2 Å². The lowest BCUT2D eigenvalue weighted by molar-refractivity contribution is -0.136. The fourth-order valence-corrected chi connectivity index (χ4v) is 4.43. The average Bonchev–Trinajstić information content (AvgIpc) is 3.49. The van der Waals surface area contributed by atoms with Crippen molar-refractivity contribution in [3.63, 3.8) is 0 Å². The van der Waals surface area contributed by atoms with Crippen LogP contribution in [0.25, 0.3) is 28.0 Å². The van der Waals surface area contributed by atoms with Crippen molar-refractivity contribution in [3.05, 3.63) is 101 Å². The highest BCUT2D eigenvalue weighted by atomic mass is 32.1. The molecule has 10 heteroatoms. The van der Waals surface area contributed by atoms with Crippen molar-refractivity contribution < 1.29 is 22.4 Å². The molecule has 5 nitrogen and oxygen atoms in total. The number of hydrogen-bond donors (Lipinski definition) is 1. The number of aromatic nitrogens is 3. The van der Waals surface area contributed by atoms with E-state index < -0.39 is 29.1 Å². The monoisotopic (exact) mass is 496 g/mol. The Hall–Kier alpha value is -4.05. The molecule has 5 aromatic rings. The summed E-state index contributed by atoms with van der Waals surface area (Å²) in [6.45, 7) is 0.206. The molecule has 176 valence electrons. The van der Waals surface area contributed by atoms with E-state index in [1.165, 1.54) is 52.5 Å². The number of carbonyl (C=O) groups is 1. The van der Waals surface area contributed by atoms with E-state index in [4.69, 9.17) is 0 Å². The number of amides is 1. The first-order chi connectivity index (χ1) is 16.8. The Balaban J connectivity index is 1.74. The van der Waals surface area contributed by atoms with Gasteiger partial charge in [0.25, 0.3) is 5.91 Å². The van der Waals surface area contributed by atoms with E-state index in [0.717, 1.165) is 17.0 Å². The molecule has 0 unspecified atom stereocenters. The molecule has 1 N–H and O–H groups in total. The van der Waals surface area contributed by atoms with Gasteiger partial charge in [-0.3, -0.25) is 14.2 Å². The molecule has 0 spiro atoms. The van der Waals surface area contributed by atoms with Gasteiger partial charge >= 0.3 is 6.18 Å². The lowest BCUT2D eigenvalue weighted by Gasteiger charge is -2.13. The topological polar surface area (TPSA) is 59.3 Å². The number of thiophene rings is 1. The fraction of sp³-hybridized carbons (Fsp3) is 0.0800. The van der Waals surface area contributed by atoms with Gasteiger partial charge in [-0.15, -0.1) is 11.3 Å². The van der Waals surface area contributed by atoms with Crippen LogP contribution >= 0.6 is 11.3 Å². The van der Waals surface area contributed by atoms with E-state index in [0.29, 0.717) is 5.56 Å². The third-order valence-corrected chi connectivity index (χ3v) is 6.21. The highest BCUT2D eigenvalue weighted by Gasteiger charge is 2.36. The van der Waals surface area contributed by atoms with E-state index in [9.17, 15) is 22.4 Å². The molecular formula is C25H16F4N4OS. The van der Waals surface area contributed by atoms with Gasteiger partial charge < -0.3 is 5.32 Å². The molecule has 1 aromatic carbocycles. The number of alkyl halides is 3. The number of hydrogen-bond acceptors (Lipinski definition) is 4. The lowest BCUT2D eigenvalue weighted by Crippen LogP contribution is -2.23. The zero-order chi connectivity index (χ0) is 24.6. The third kappa shape index (κ3) is 4.52.